The number of rotatable bonds is 2. The highest BCUT2D eigenvalue weighted by atomic mass is 15.1. The first kappa shape index (κ1) is 10.8. The molecule has 78 valence electrons. The van der Waals surface area contributed by atoms with E-state index in [1.54, 1.807) is 6.08 Å². The second-order valence-electron chi connectivity index (χ2n) is 2.75. The van der Waals surface area contributed by atoms with E-state index in [9.17, 15) is 0 Å². The van der Waals surface area contributed by atoms with Crippen LogP contribution in [-0.4, -0.2) is 11.9 Å². The van der Waals surface area contributed by atoms with Crippen molar-refractivity contribution in [1.82, 2.24) is 0 Å². The molecule has 0 unspecified atom stereocenters. The highest BCUT2D eigenvalue weighted by Gasteiger charge is 1.85. The van der Waals surface area contributed by atoms with Crippen LogP contribution >= 0.6 is 0 Å². The number of hydrogen-bond acceptors (Lipinski definition) is 1. The maximum atomic E-state index is 5.39. The van der Waals surface area contributed by atoms with Gasteiger partial charge in [0.25, 0.3) is 0 Å². The first-order valence-corrected chi connectivity index (χ1v) is 4.33. The predicted octanol–water partition coefficient (Wildman–Crippen LogP) is 0.245. The number of guanidine groups is 2. The molecule has 0 fully saturated rings. The Bertz CT molecular complexity index is 388. The van der Waals surface area contributed by atoms with E-state index in [1.807, 2.05) is 30.3 Å². The standard InChI is InChI=1S/C10H13N5/c11-9(12)15-10(13)14-7-6-8-4-2-1-3-5-8/h1-7H,(H6,11,12,13,14,15). The lowest BCUT2D eigenvalue weighted by Crippen LogP contribution is -2.26. The lowest BCUT2D eigenvalue weighted by molar-refractivity contribution is 1.39. The molecule has 0 bridgehead atoms. The zero-order valence-corrected chi connectivity index (χ0v) is 8.17. The number of nitrogens with zero attached hydrogens (tertiary/aromatic N) is 2. The fourth-order valence-electron chi connectivity index (χ4n) is 0.925. The summed E-state index contributed by atoms with van der Waals surface area (Å²) in [6.07, 6.45) is 3.34. The molecule has 0 atom stereocenters. The maximum Gasteiger partial charge on any atom is 0.223 e. The minimum absolute atomic E-state index is 0.0298. The van der Waals surface area contributed by atoms with Gasteiger partial charge in [-0.05, 0) is 11.6 Å². The van der Waals surface area contributed by atoms with Gasteiger partial charge >= 0.3 is 0 Å². The Morgan fingerprint density at radius 3 is 2.33 bits per heavy atom. The molecule has 0 radical (unpaired) electrons. The summed E-state index contributed by atoms with van der Waals surface area (Å²) >= 11 is 0. The van der Waals surface area contributed by atoms with Gasteiger partial charge in [-0.1, -0.05) is 30.3 Å². The van der Waals surface area contributed by atoms with Crippen molar-refractivity contribution in [2.75, 3.05) is 0 Å². The van der Waals surface area contributed by atoms with E-state index >= 15 is 0 Å². The van der Waals surface area contributed by atoms with Gasteiger partial charge in [0.05, 0.1) is 0 Å². The van der Waals surface area contributed by atoms with Crippen molar-refractivity contribution in [1.29, 1.82) is 0 Å². The van der Waals surface area contributed by atoms with Gasteiger partial charge in [0, 0.05) is 6.20 Å². The molecule has 0 spiro atoms. The normalized spacial score (nSPS) is 11.6. The van der Waals surface area contributed by atoms with Gasteiger partial charge in [0.2, 0.25) is 5.96 Å². The zero-order chi connectivity index (χ0) is 11.1. The third-order valence-electron chi connectivity index (χ3n) is 1.52. The van der Waals surface area contributed by atoms with E-state index in [2.05, 4.69) is 9.98 Å². The van der Waals surface area contributed by atoms with Crippen LogP contribution in [0.1, 0.15) is 5.56 Å². The molecule has 0 aliphatic rings. The Balaban J connectivity index is 2.64. The van der Waals surface area contributed by atoms with Crippen LogP contribution < -0.4 is 17.2 Å². The van der Waals surface area contributed by atoms with E-state index < -0.39 is 0 Å². The van der Waals surface area contributed by atoms with E-state index in [1.165, 1.54) is 6.20 Å². The molecule has 0 saturated carbocycles. The van der Waals surface area contributed by atoms with Crippen molar-refractivity contribution in [3.8, 4) is 0 Å². The van der Waals surface area contributed by atoms with Crippen LogP contribution in [0.2, 0.25) is 0 Å². The van der Waals surface area contributed by atoms with Gasteiger partial charge in [0.1, 0.15) is 0 Å². The lowest BCUT2D eigenvalue weighted by atomic mass is 10.2. The van der Waals surface area contributed by atoms with Crippen LogP contribution in [0.15, 0.2) is 46.5 Å². The lowest BCUT2D eigenvalue weighted by Gasteiger charge is -1.91. The highest BCUT2D eigenvalue weighted by Crippen LogP contribution is 2.00. The van der Waals surface area contributed by atoms with Gasteiger partial charge < -0.3 is 17.2 Å². The van der Waals surface area contributed by atoms with Crippen LogP contribution in [-0.2, 0) is 0 Å². The van der Waals surface area contributed by atoms with Crippen molar-refractivity contribution < 1.29 is 0 Å². The Hall–Kier alpha value is -2.30. The summed E-state index contributed by atoms with van der Waals surface area (Å²) in [6.45, 7) is 0. The van der Waals surface area contributed by atoms with Crippen LogP contribution in [0.25, 0.3) is 6.08 Å². The highest BCUT2D eigenvalue weighted by molar-refractivity contribution is 5.92. The van der Waals surface area contributed by atoms with E-state index in [0.29, 0.717) is 0 Å². The minimum Gasteiger partial charge on any atom is -0.370 e. The summed E-state index contributed by atoms with van der Waals surface area (Å²) in [4.78, 5) is 7.38. The molecular formula is C10H13N5. The van der Waals surface area contributed by atoms with Gasteiger partial charge in [-0.2, -0.15) is 4.99 Å². The third kappa shape index (κ3) is 4.47. The monoisotopic (exact) mass is 203 g/mol. The molecule has 1 aromatic rings. The molecule has 0 amide bonds. The molecular weight excluding hydrogens is 190 g/mol. The number of hydrogen-bond donors (Lipinski definition) is 3. The second-order valence-corrected chi connectivity index (χ2v) is 2.75. The molecule has 0 aliphatic carbocycles. The van der Waals surface area contributed by atoms with Crippen LogP contribution in [0, 0.1) is 0 Å². The van der Waals surface area contributed by atoms with Crippen molar-refractivity contribution >= 4 is 18.0 Å². The summed E-state index contributed by atoms with van der Waals surface area (Å²) in [5.41, 5.74) is 16.7. The number of aliphatic imine (C=N–C) groups is 2. The first-order chi connectivity index (χ1) is 7.18. The second kappa shape index (κ2) is 5.43. The van der Waals surface area contributed by atoms with Gasteiger partial charge in [0.15, 0.2) is 5.96 Å². The molecule has 5 heteroatoms. The average Bonchev–Trinajstić information content (AvgIpc) is 2.18. The minimum atomic E-state index is -0.107. The fourth-order valence-corrected chi connectivity index (χ4v) is 0.925. The predicted molar refractivity (Wildman–Crippen MR) is 62.9 cm³/mol. The quantitative estimate of drug-likeness (QED) is 0.474. The maximum absolute atomic E-state index is 5.39. The van der Waals surface area contributed by atoms with Crippen LogP contribution in [0.3, 0.4) is 0 Å². The molecule has 0 aromatic heterocycles. The molecule has 1 rings (SSSR count). The summed E-state index contributed by atoms with van der Waals surface area (Å²) in [5.74, 6) is -0.0773. The summed E-state index contributed by atoms with van der Waals surface area (Å²) < 4.78 is 0. The largest absolute Gasteiger partial charge is 0.370 e. The van der Waals surface area contributed by atoms with E-state index in [-0.39, 0.29) is 11.9 Å². The SMILES string of the molecule is NC(N)=NC(N)=NC=Cc1ccccc1. The molecule has 15 heavy (non-hydrogen) atoms. The van der Waals surface area contributed by atoms with Gasteiger partial charge in [-0.25, -0.2) is 4.99 Å². The Morgan fingerprint density at radius 1 is 1.07 bits per heavy atom. The first-order valence-electron chi connectivity index (χ1n) is 4.33. The fraction of sp³-hybridized carbons (Fsp3) is 0. The summed E-state index contributed by atoms with van der Waals surface area (Å²) in [7, 11) is 0. The smallest absolute Gasteiger partial charge is 0.223 e. The summed E-state index contributed by atoms with van der Waals surface area (Å²) in [5, 5.41) is 0. The molecule has 0 heterocycles. The van der Waals surface area contributed by atoms with Gasteiger partial charge in [-0.3, -0.25) is 0 Å². The van der Waals surface area contributed by atoms with Crippen LogP contribution in [0.4, 0.5) is 0 Å². The van der Waals surface area contributed by atoms with Crippen molar-refractivity contribution in [3.05, 3.63) is 42.1 Å². The topological polar surface area (TPSA) is 103 Å². The Morgan fingerprint density at radius 2 is 1.73 bits per heavy atom. The van der Waals surface area contributed by atoms with Gasteiger partial charge in [-0.15, -0.1) is 0 Å². The van der Waals surface area contributed by atoms with Crippen molar-refractivity contribution in [2.45, 2.75) is 0 Å². The van der Waals surface area contributed by atoms with E-state index in [0.717, 1.165) is 5.56 Å². The number of benzene rings is 1. The molecule has 0 aliphatic heterocycles. The Labute approximate surface area is 88.0 Å². The third-order valence-corrected chi connectivity index (χ3v) is 1.52. The van der Waals surface area contributed by atoms with Crippen LogP contribution in [0.5, 0.6) is 0 Å². The molecule has 5 nitrogen and oxygen atoms in total. The molecule has 0 saturated heterocycles. The summed E-state index contributed by atoms with van der Waals surface area (Å²) in [6, 6.07) is 9.70. The van der Waals surface area contributed by atoms with Crippen molar-refractivity contribution in [2.24, 2.45) is 27.2 Å². The molecule has 6 N–H and O–H groups in total. The molecule has 1 aromatic carbocycles. The van der Waals surface area contributed by atoms with Crippen molar-refractivity contribution in [3.63, 3.8) is 0 Å². The average molecular weight is 203 g/mol. The van der Waals surface area contributed by atoms with E-state index in [4.69, 9.17) is 17.2 Å². The Kier molecular flexibility index (Phi) is 3.91. The number of nitrogens with two attached hydrogens (primary N) is 3. The zero-order valence-electron chi connectivity index (χ0n) is 8.17.